The Morgan fingerprint density at radius 1 is 1.29 bits per heavy atom. The minimum absolute atomic E-state index is 0.210. The first kappa shape index (κ1) is 11.4. The molecular formula is C13H13NO3. The van der Waals surface area contributed by atoms with Crippen LogP contribution >= 0.6 is 0 Å². The fourth-order valence-electron chi connectivity index (χ4n) is 1.62. The minimum atomic E-state index is -0.749. The van der Waals surface area contributed by atoms with Gasteiger partial charge in [0, 0.05) is 12.0 Å². The van der Waals surface area contributed by atoms with E-state index in [4.69, 9.17) is 9.52 Å². The van der Waals surface area contributed by atoms with Crippen molar-refractivity contribution in [2.24, 2.45) is 0 Å². The van der Waals surface area contributed by atoms with Gasteiger partial charge in [-0.1, -0.05) is 12.1 Å². The number of aromatic nitrogens is 1. The van der Waals surface area contributed by atoms with E-state index in [1.54, 1.807) is 6.20 Å². The first-order valence-corrected chi connectivity index (χ1v) is 5.46. The molecule has 1 aromatic heterocycles. The third kappa shape index (κ3) is 3.17. The Bertz CT molecular complexity index is 474. The number of rotatable bonds is 5. The number of carbonyl (C=O) groups is 1. The molecule has 1 heterocycles. The van der Waals surface area contributed by atoms with E-state index in [0.717, 1.165) is 17.5 Å². The van der Waals surface area contributed by atoms with Crippen LogP contribution in [0.3, 0.4) is 0 Å². The summed E-state index contributed by atoms with van der Waals surface area (Å²) in [7, 11) is 0. The van der Waals surface area contributed by atoms with Crippen molar-refractivity contribution < 1.29 is 14.3 Å². The molecule has 4 nitrogen and oxygen atoms in total. The molecule has 0 aliphatic rings. The maximum absolute atomic E-state index is 10.4. The zero-order chi connectivity index (χ0) is 12.1. The molecule has 2 aromatic rings. The van der Waals surface area contributed by atoms with E-state index in [2.05, 4.69) is 4.98 Å². The van der Waals surface area contributed by atoms with Crippen LogP contribution in [0.15, 0.2) is 41.1 Å². The molecule has 1 aromatic carbocycles. The molecule has 0 aliphatic carbocycles. The van der Waals surface area contributed by atoms with Crippen LogP contribution in [0, 0.1) is 0 Å². The van der Waals surface area contributed by atoms with Gasteiger partial charge in [-0.15, -0.1) is 0 Å². The average Bonchev–Trinajstić information content (AvgIpc) is 2.83. The summed E-state index contributed by atoms with van der Waals surface area (Å²) in [5, 5.41) is 8.54. The topological polar surface area (TPSA) is 63.3 Å². The highest BCUT2D eigenvalue weighted by atomic mass is 16.4. The predicted octanol–water partition coefficient (Wildman–Crippen LogP) is 2.75. The summed E-state index contributed by atoms with van der Waals surface area (Å²) >= 11 is 0. The van der Waals surface area contributed by atoms with Crippen LogP contribution in [-0.4, -0.2) is 16.1 Å². The maximum atomic E-state index is 10.4. The van der Waals surface area contributed by atoms with Crippen molar-refractivity contribution in [2.75, 3.05) is 0 Å². The van der Waals surface area contributed by atoms with Gasteiger partial charge in [0.15, 0.2) is 0 Å². The highest BCUT2D eigenvalue weighted by molar-refractivity contribution is 5.66. The maximum Gasteiger partial charge on any atom is 0.303 e. The van der Waals surface area contributed by atoms with Crippen LogP contribution in [0.2, 0.25) is 0 Å². The van der Waals surface area contributed by atoms with E-state index in [0.29, 0.717) is 12.3 Å². The van der Waals surface area contributed by atoms with E-state index in [-0.39, 0.29) is 6.42 Å². The lowest BCUT2D eigenvalue weighted by Gasteiger charge is -2.01. The van der Waals surface area contributed by atoms with Crippen molar-refractivity contribution >= 4 is 5.97 Å². The van der Waals surface area contributed by atoms with Crippen molar-refractivity contribution in [1.29, 1.82) is 0 Å². The molecule has 1 N–H and O–H groups in total. The number of hydrogen-bond donors (Lipinski definition) is 1. The van der Waals surface area contributed by atoms with Gasteiger partial charge in [-0.05, 0) is 30.5 Å². The number of aryl methyl sites for hydroxylation is 1. The second-order valence-electron chi connectivity index (χ2n) is 3.78. The van der Waals surface area contributed by atoms with Gasteiger partial charge in [0.05, 0.1) is 6.20 Å². The molecule has 4 heteroatoms. The molecule has 0 bridgehead atoms. The van der Waals surface area contributed by atoms with Gasteiger partial charge < -0.3 is 9.52 Å². The monoisotopic (exact) mass is 231 g/mol. The third-order valence-corrected chi connectivity index (χ3v) is 2.49. The van der Waals surface area contributed by atoms with Crippen molar-refractivity contribution in [2.45, 2.75) is 19.3 Å². The molecule has 88 valence electrons. The van der Waals surface area contributed by atoms with Crippen molar-refractivity contribution in [1.82, 2.24) is 4.98 Å². The summed E-state index contributed by atoms with van der Waals surface area (Å²) in [5.41, 5.74) is 2.05. The Balaban J connectivity index is 1.96. The molecule has 0 atom stereocenters. The van der Waals surface area contributed by atoms with Gasteiger partial charge in [0.2, 0.25) is 5.89 Å². The van der Waals surface area contributed by atoms with Gasteiger partial charge in [-0.3, -0.25) is 4.79 Å². The summed E-state index contributed by atoms with van der Waals surface area (Å²) in [6.07, 6.45) is 4.79. The van der Waals surface area contributed by atoms with Crippen LogP contribution in [0.5, 0.6) is 0 Å². The van der Waals surface area contributed by atoms with Crippen molar-refractivity contribution in [3.8, 4) is 11.5 Å². The van der Waals surface area contributed by atoms with E-state index >= 15 is 0 Å². The largest absolute Gasteiger partial charge is 0.481 e. The summed E-state index contributed by atoms with van der Waals surface area (Å²) in [6.45, 7) is 0. The Morgan fingerprint density at radius 3 is 2.65 bits per heavy atom. The summed E-state index contributed by atoms with van der Waals surface area (Å²) in [4.78, 5) is 14.4. The van der Waals surface area contributed by atoms with Crippen LogP contribution in [0.4, 0.5) is 0 Å². The summed E-state index contributed by atoms with van der Waals surface area (Å²) in [5.74, 6) is -0.150. The number of carboxylic acid groups (broad SMARTS) is 1. The lowest BCUT2D eigenvalue weighted by molar-refractivity contribution is -0.137. The first-order chi connectivity index (χ1) is 8.25. The van der Waals surface area contributed by atoms with Gasteiger partial charge in [0.1, 0.15) is 6.26 Å². The number of nitrogens with zero attached hydrogens (tertiary/aromatic N) is 1. The number of carboxylic acids is 1. The number of benzene rings is 1. The van der Waals surface area contributed by atoms with Crippen LogP contribution in [0.1, 0.15) is 18.4 Å². The molecule has 0 aliphatic heterocycles. The van der Waals surface area contributed by atoms with E-state index in [1.807, 2.05) is 24.3 Å². The SMILES string of the molecule is O=C(O)CCCc1ccc(-c2ncco2)cc1. The minimum Gasteiger partial charge on any atom is -0.481 e. The Labute approximate surface area is 98.9 Å². The van der Waals surface area contributed by atoms with Gasteiger partial charge in [-0.25, -0.2) is 4.98 Å². The average molecular weight is 231 g/mol. The van der Waals surface area contributed by atoms with E-state index < -0.39 is 5.97 Å². The third-order valence-electron chi connectivity index (χ3n) is 2.49. The van der Waals surface area contributed by atoms with Crippen LogP contribution in [-0.2, 0) is 11.2 Å². The normalized spacial score (nSPS) is 10.4. The number of hydrogen-bond acceptors (Lipinski definition) is 3. The zero-order valence-corrected chi connectivity index (χ0v) is 9.30. The predicted molar refractivity (Wildman–Crippen MR) is 62.5 cm³/mol. The fraction of sp³-hybridized carbons (Fsp3) is 0.231. The standard InChI is InChI=1S/C13H13NO3/c15-12(16)3-1-2-10-4-6-11(7-5-10)13-14-8-9-17-13/h4-9H,1-3H2,(H,15,16). The van der Waals surface area contributed by atoms with E-state index in [1.165, 1.54) is 6.26 Å². The molecule has 0 saturated carbocycles. The van der Waals surface area contributed by atoms with Crippen LogP contribution in [0.25, 0.3) is 11.5 Å². The molecule has 17 heavy (non-hydrogen) atoms. The Morgan fingerprint density at radius 2 is 2.06 bits per heavy atom. The number of aliphatic carboxylic acids is 1. The molecule has 0 saturated heterocycles. The van der Waals surface area contributed by atoms with E-state index in [9.17, 15) is 4.79 Å². The second-order valence-corrected chi connectivity index (χ2v) is 3.78. The highest BCUT2D eigenvalue weighted by Gasteiger charge is 2.02. The molecule has 0 amide bonds. The summed E-state index contributed by atoms with van der Waals surface area (Å²) < 4.78 is 5.18. The lowest BCUT2D eigenvalue weighted by Crippen LogP contribution is -1.95. The molecule has 0 radical (unpaired) electrons. The van der Waals surface area contributed by atoms with Crippen LogP contribution < -0.4 is 0 Å². The van der Waals surface area contributed by atoms with Crippen molar-refractivity contribution in [3.63, 3.8) is 0 Å². The lowest BCUT2D eigenvalue weighted by atomic mass is 10.1. The summed E-state index contributed by atoms with van der Waals surface area (Å²) in [6, 6.07) is 7.81. The highest BCUT2D eigenvalue weighted by Crippen LogP contribution is 2.18. The molecule has 0 fully saturated rings. The second kappa shape index (κ2) is 5.30. The first-order valence-electron chi connectivity index (χ1n) is 5.46. The van der Waals surface area contributed by atoms with Gasteiger partial charge >= 0.3 is 5.97 Å². The van der Waals surface area contributed by atoms with Gasteiger partial charge in [0.25, 0.3) is 0 Å². The molecule has 2 rings (SSSR count). The van der Waals surface area contributed by atoms with Gasteiger partial charge in [-0.2, -0.15) is 0 Å². The Hall–Kier alpha value is -2.10. The molecular weight excluding hydrogens is 218 g/mol. The molecule has 0 unspecified atom stereocenters. The Kier molecular flexibility index (Phi) is 3.55. The zero-order valence-electron chi connectivity index (χ0n) is 9.30. The number of oxazole rings is 1. The molecule has 0 spiro atoms. The fourth-order valence-corrected chi connectivity index (χ4v) is 1.62. The smallest absolute Gasteiger partial charge is 0.303 e. The van der Waals surface area contributed by atoms with Crippen molar-refractivity contribution in [3.05, 3.63) is 42.3 Å². The quantitative estimate of drug-likeness (QED) is 0.859.